The van der Waals surface area contributed by atoms with Crippen LogP contribution in [-0.2, 0) is 22.6 Å². The van der Waals surface area contributed by atoms with Gasteiger partial charge in [-0.25, -0.2) is 15.0 Å². The summed E-state index contributed by atoms with van der Waals surface area (Å²) in [7, 11) is 1.62. The lowest BCUT2D eigenvalue weighted by Gasteiger charge is -2.35. The Hall–Kier alpha value is -3.43. The summed E-state index contributed by atoms with van der Waals surface area (Å²) >= 11 is 0. The zero-order chi connectivity index (χ0) is 25.2. The Morgan fingerprint density at radius 1 is 1.03 bits per heavy atom. The quantitative estimate of drug-likeness (QED) is 0.624. The van der Waals surface area contributed by atoms with Gasteiger partial charge in [-0.15, -0.1) is 0 Å². The number of methoxy groups -OCH3 is 1. The largest absolute Gasteiger partial charge is 0.481 e. The van der Waals surface area contributed by atoms with Gasteiger partial charge in [0.2, 0.25) is 23.6 Å². The molecule has 2 saturated heterocycles. The Morgan fingerprint density at radius 2 is 1.83 bits per heavy atom. The van der Waals surface area contributed by atoms with Crippen molar-refractivity contribution in [3.63, 3.8) is 0 Å². The maximum absolute atomic E-state index is 13.4. The fourth-order valence-corrected chi connectivity index (χ4v) is 5.49. The number of ether oxygens (including phenoxy) is 2. The van der Waals surface area contributed by atoms with E-state index >= 15 is 0 Å². The molecule has 5 rings (SSSR count). The normalized spacial score (nSPS) is 20.3. The third-order valence-corrected chi connectivity index (χ3v) is 7.55. The lowest BCUT2D eigenvalue weighted by Crippen LogP contribution is -2.46. The monoisotopic (exact) mass is 494 g/mol. The number of amides is 2. The molecule has 0 bridgehead atoms. The van der Waals surface area contributed by atoms with E-state index in [-0.39, 0.29) is 24.0 Å². The van der Waals surface area contributed by atoms with Crippen LogP contribution in [0.25, 0.3) is 0 Å². The van der Waals surface area contributed by atoms with E-state index in [9.17, 15) is 9.59 Å². The van der Waals surface area contributed by atoms with Gasteiger partial charge in [-0.3, -0.25) is 9.59 Å². The molecule has 2 aromatic heterocycles. The molecule has 36 heavy (non-hydrogen) atoms. The molecule has 3 aliphatic heterocycles. The van der Waals surface area contributed by atoms with Gasteiger partial charge in [-0.2, -0.15) is 0 Å². The molecule has 0 aliphatic carbocycles. The minimum atomic E-state index is -0.331. The topological polar surface area (TPSA) is 101 Å². The van der Waals surface area contributed by atoms with Crippen LogP contribution in [0.2, 0.25) is 0 Å². The van der Waals surface area contributed by atoms with E-state index in [1.165, 1.54) is 0 Å². The highest BCUT2D eigenvalue weighted by Gasteiger charge is 2.37. The van der Waals surface area contributed by atoms with Crippen LogP contribution in [0.5, 0.6) is 11.8 Å². The first-order valence-corrected chi connectivity index (χ1v) is 12.8. The molecule has 10 heteroatoms. The summed E-state index contributed by atoms with van der Waals surface area (Å²) in [5, 5.41) is 0. The van der Waals surface area contributed by atoms with Crippen molar-refractivity contribution in [3.05, 3.63) is 35.4 Å². The van der Waals surface area contributed by atoms with Crippen LogP contribution < -0.4 is 14.4 Å². The number of carbonyl (C=O) groups is 2. The minimum absolute atomic E-state index is 0.0644. The van der Waals surface area contributed by atoms with Crippen molar-refractivity contribution in [3.8, 4) is 11.8 Å². The number of aryl methyl sites for hydroxylation is 1. The third kappa shape index (κ3) is 4.81. The van der Waals surface area contributed by atoms with Gasteiger partial charge in [0, 0.05) is 57.4 Å². The number of carbonyl (C=O) groups excluding carboxylic acids is 2. The van der Waals surface area contributed by atoms with E-state index < -0.39 is 0 Å². The van der Waals surface area contributed by atoms with Crippen molar-refractivity contribution < 1.29 is 19.1 Å². The van der Waals surface area contributed by atoms with Crippen LogP contribution >= 0.6 is 0 Å². The Kier molecular flexibility index (Phi) is 6.93. The molecule has 2 aromatic rings. The van der Waals surface area contributed by atoms with Gasteiger partial charge in [0.25, 0.3) is 0 Å². The number of likely N-dealkylation sites (tertiary alicyclic amines) is 2. The zero-order valence-corrected chi connectivity index (χ0v) is 21.3. The van der Waals surface area contributed by atoms with Crippen LogP contribution in [0.15, 0.2) is 18.6 Å². The summed E-state index contributed by atoms with van der Waals surface area (Å²) in [6.07, 6.45) is 6.92. The molecular formula is C26H34N6O4. The van der Waals surface area contributed by atoms with E-state index in [0.717, 1.165) is 48.3 Å². The molecule has 5 heterocycles. The number of hydrogen-bond donors (Lipinski definition) is 0. The number of aromatic nitrogens is 3. The van der Waals surface area contributed by atoms with Crippen LogP contribution in [0.3, 0.4) is 0 Å². The standard InChI is InChI=1S/C26H34N6O4/c1-17-13-20(14-27-24(17)35-3)31-12-8-22-21(15-31)25(29-16-28-22)36-23-5-4-9-32(23)26(34)19-6-10-30(11-7-19)18(2)33/h13-14,16,19,23H,4-12,15H2,1-3H3. The van der Waals surface area contributed by atoms with Crippen LogP contribution in [0, 0.1) is 12.8 Å². The average Bonchev–Trinajstić information content (AvgIpc) is 3.36. The van der Waals surface area contributed by atoms with E-state index in [2.05, 4.69) is 25.9 Å². The first kappa shape index (κ1) is 24.3. The molecule has 1 unspecified atom stereocenters. The number of nitrogens with zero attached hydrogens (tertiary/aromatic N) is 6. The van der Waals surface area contributed by atoms with E-state index in [4.69, 9.17) is 9.47 Å². The predicted molar refractivity (Wildman–Crippen MR) is 133 cm³/mol. The predicted octanol–water partition coefficient (Wildman–Crippen LogP) is 2.34. The highest BCUT2D eigenvalue weighted by Crippen LogP contribution is 2.32. The summed E-state index contributed by atoms with van der Waals surface area (Å²) in [6, 6.07) is 2.08. The Labute approximate surface area is 211 Å². The lowest BCUT2D eigenvalue weighted by molar-refractivity contribution is -0.144. The molecular weight excluding hydrogens is 460 g/mol. The zero-order valence-electron chi connectivity index (χ0n) is 21.3. The number of pyridine rings is 1. The highest BCUT2D eigenvalue weighted by atomic mass is 16.5. The van der Waals surface area contributed by atoms with Gasteiger partial charge in [0.15, 0.2) is 6.23 Å². The molecule has 2 amide bonds. The number of hydrogen-bond acceptors (Lipinski definition) is 8. The number of anilines is 1. The maximum Gasteiger partial charge on any atom is 0.228 e. The number of fused-ring (bicyclic) bond motifs is 1. The lowest BCUT2D eigenvalue weighted by atomic mass is 9.95. The smallest absolute Gasteiger partial charge is 0.228 e. The van der Waals surface area contributed by atoms with Gasteiger partial charge < -0.3 is 24.2 Å². The van der Waals surface area contributed by atoms with Crippen molar-refractivity contribution in [2.24, 2.45) is 5.92 Å². The van der Waals surface area contributed by atoms with Crippen molar-refractivity contribution >= 4 is 17.5 Å². The molecule has 1 atom stereocenters. The van der Waals surface area contributed by atoms with Crippen molar-refractivity contribution in [2.75, 3.05) is 38.2 Å². The summed E-state index contributed by atoms with van der Waals surface area (Å²) in [5.74, 6) is 1.32. The Bertz CT molecular complexity index is 1130. The fourth-order valence-electron chi connectivity index (χ4n) is 5.49. The molecule has 0 spiro atoms. The first-order valence-electron chi connectivity index (χ1n) is 12.8. The maximum atomic E-state index is 13.4. The molecule has 0 N–H and O–H groups in total. The van der Waals surface area contributed by atoms with Crippen LogP contribution in [-0.4, -0.2) is 76.1 Å². The highest BCUT2D eigenvalue weighted by molar-refractivity contribution is 5.80. The third-order valence-electron chi connectivity index (χ3n) is 7.55. The second-order valence-electron chi connectivity index (χ2n) is 9.82. The van der Waals surface area contributed by atoms with Crippen molar-refractivity contribution in [2.45, 2.75) is 58.7 Å². The first-order chi connectivity index (χ1) is 17.4. The van der Waals surface area contributed by atoms with Gasteiger partial charge in [0.1, 0.15) is 6.33 Å². The summed E-state index contributed by atoms with van der Waals surface area (Å²) in [6.45, 7) is 6.97. The second-order valence-corrected chi connectivity index (χ2v) is 9.82. The van der Waals surface area contributed by atoms with Crippen LogP contribution in [0.4, 0.5) is 5.69 Å². The second kappa shape index (κ2) is 10.3. The minimum Gasteiger partial charge on any atom is -0.481 e. The van der Waals surface area contributed by atoms with E-state index in [1.807, 2.05) is 22.9 Å². The molecule has 0 saturated carbocycles. The SMILES string of the molecule is COc1ncc(N2CCc3ncnc(OC4CCCN4C(=O)C4CCN(C(C)=O)CC4)c3C2)cc1C. The van der Waals surface area contributed by atoms with Crippen molar-refractivity contribution in [1.82, 2.24) is 24.8 Å². The Morgan fingerprint density at radius 3 is 2.56 bits per heavy atom. The molecule has 0 radical (unpaired) electrons. The molecule has 3 aliphatic rings. The van der Waals surface area contributed by atoms with Gasteiger partial charge in [-0.1, -0.05) is 0 Å². The number of rotatable bonds is 5. The Balaban J connectivity index is 1.29. The summed E-state index contributed by atoms with van der Waals surface area (Å²) in [5.41, 5.74) is 3.95. The van der Waals surface area contributed by atoms with Gasteiger partial charge in [-0.05, 0) is 32.3 Å². The van der Waals surface area contributed by atoms with Gasteiger partial charge >= 0.3 is 0 Å². The fraction of sp³-hybridized carbons (Fsp3) is 0.577. The summed E-state index contributed by atoms with van der Waals surface area (Å²) < 4.78 is 11.7. The molecule has 2 fully saturated rings. The van der Waals surface area contributed by atoms with E-state index in [1.54, 1.807) is 20.4 Å². The number of piperidine rings is 1. The van der Waals surface area contributed by atoms with E-state index in [0.29, 0.717) is 50.8 Å². The molecule has 10 nitrogen and oxygen atoms in total. The van der Waals surface area contributed by atoms with Crippen LogP contribution in [0.1, 0.15) is 49.4 Å². The molecule has 192 valence electrons. The van der Waals surface area contributed by atoms with Crippen molar-refractivity contribution in [1.29, 1.82) is 0 Å². The van der Waals surface area contributed by atoms with Gasteiger partial charge in [0.05, 0.1) is 36.8 Å². The molecule has 0 aromatic carbocycles. The summed E-state index contributed by atoms with van der Waals surface area (Å²) in [4.78, 5) is 44.4. The average molecular weight is 495 g/mol.